The fourth-order valence-electron chi connectivity index (χ4n) is 3.18. The normalized spacial score (nSPS) is 10.9. The summed E-state index contributed by atoms with van der Waals surface area (Å²) in [5.74, 6) is 0.119. The van der Waals surface area contributed by atoms with Gasteiger partial charge in [0.25, 0.3) is 11.5 Å². The Morgan fingerprint density at radius 1 is 1.19 bits per heavy atom. The molecule has 0 radical (unpaired) electrons. The minimum absolute atomic E-state index is 0.181. The molecule has 10 heteroatoms. The lowest BCUT2D eigenvalue weighted by Crippen LogP contribution is -2.32. The highest BCUT2D eigenvalue weighted by Crippen LogP contribution is 2.18. The van der Waals surface area contributed by atoms with Gasteiger partial charge in [0.1, 0.15) is 30.4 Å². The summed E-state index contributed by atoms with van der Waals surface area (Å²) in [6.45, 7) is 2.07. The summed E-state index contributed by atoms with van der Waals surface area (Å²) in [6, 6.07) is 14.9. The number of benzene rings is 2. The number of rotatable bonds is 7. The Morgan fingerprint density at radius 2 is 2.00 bits per heavy atom. The maximum Gasteiger partial charge on any atom is 0.263 e. The number of amides is 1. The molecule has 2 N–H and O–H groups in total. The molecule has 2 aromatic carbocycles. The number of fused-ring (bicyclic) bond motifs is 1. The molecule has 0 saturated carbocycles. The van der Waals surface area contributed by atoms with Gasteiger partial charge in [0.15, 0.2) is 0 Å². The number of nitrogens with one attached hydrogen (secondary N) is 1. The number of hydrogen-bond donors (Lipinski definition) is 2. The van der Waals surface area contributed by atoms with Gasteiger partial charge in [0, 0.05) is 0 Å². The van der Waals surface area contributed by atoms with Gasteiger partial charge in [-0.15, -0.1) is 5.10 Å². The molecule has 2 heterocycles. The van der Waals surface area contributed by atoms with Gasteiger partial charge in [0.05, 0.1) is 23.6 Å². The highest BCUT2D eigenvalue weighted by molar-refractivity contribution is 5.80. The molecule has 0 saturated heterocycles. The minimum atomic E-state index is -0.711. The zero-order valence-corrected chi connectivity index (χ0v) is 16.7. The average molecular weight is 420 g/mol. The second-order valence-corrected chi connectivity index (χ2v) is 6.95. The molecule has 31 heavy (non-hydrogen) atoms. The smallest absolute Gasteiger partial charge is 0.263 e. The van der Waals surface area contributed by atoms with Crippen molar-refractivity contribution >= 4 is 16.8 Å². The quantitative estimate of drug-likeness (QED) is 0.342. The van der Waals surface area contributed by atoms with E-state index in [0.29, 0.717) is 34.7 Å². The van der Waals surface area contributed by atoms with Crippen LogP contribution in [0.2, 0.25) is 0 Å². The number of carbonyl (C=O) groups excluding carboxylic acids is 1. The van der Waals surface area contributed by atoms with Crippen molar-refractivity contribution in [3.8, 4) is 5.75 Å². The Kier molecular flexibility index (Phi) is 5.72. The molecule has 4 aromatic rings. The third kappa shape index (κ3) is 4.59. The molecular weight excluding hydrogens is 400 g/mol. The van der Waals surface area contributed by atoms with Crippen LogP contribution in [0, 0.1) is 6.92 Å². The average Bonchev–Trinajstić information content (AvgIpc) is 3.23. The van der Waals surface area contributed by atoms with Gasteiger partial charge in [-0.05, 0) is 30.7 Å². The molecule has 4 rings (SSSR count). The van der Waals surface area contributed by atoms with E-state index >= 15 is 0 Å². The van der Waals surface area contributed by atoms with Crippen molar-refractivity contribution in [2.45, 2.75) is 26.6 Å². The van der Waals surface area contributed by atoms with Crippen LogP contribution < -0.4 is 15.8 Å². The van der Waals surface area contributed by atoms with Crippen molar-refractivity contribution < 1.29 is 14.7 Å². The Hall–Kier alpha value is -4.05. The Morgan fingerprint density at radius 3 is 2.77 bits per heavy atom. The van der Waals surface area contributed by atoms with Gasteiger partial charge in [-0.25, -0.2) is 15.1 Å². The zero-order chi connectivity index (χ0) is 21.8. The molecule has 2 aromatic heterocycles. The van der Waals surface area contributed by atoms with Crippen LogP contribution in [0.4, 0.5) is 0 Å². The van der Waals surface area contributed by atoms with Crippen LogP contribution in [-0.2, 0) is 24.5 Å². The second-order valence-electron chi connectivity index (χ2n) is 6.95. The molecule has 10 nitrogen and oxygen atoms in total. The first-order valence-electron chi connectivity index (χ1n) is 9.53. The number of carbonyl (C=O) groups is 1. The summed E-state index contributed by atoms with van der Waals surface area (Å²) in [6.07, 6.45) is 1.81. The van der Waals surface area contributed by atoms with E-state index in [0.717, 1.165) is 5.56 Å². The highest BCUT2D eigenvalue weighted by atomic mass is 16.5. The number of nitrogens with zero attached hydrogens (tertiary/aromatic N) is 5. The molecule has 0 spiro atoms. The molecule has 0 bridgehead atoms. The second kappa shape index (κ2) is 8.76. The Balaban J connectivity index is 1.50. The third-order valence-electron chi connectivity index (χ3n) is 4.70. The molecule has 0 fully saturated rings. The Bertz CT molecular complexity index is 1280. The van der Waals surface area contributed by atoms with Gasteiger partial charge in [-0.2, -0.15) is 0 Å². The summed E-state index contributed by atoms with van der Waals surface area (Å²) in [4.78, 5) is 28.6. The molecule has 0 aliphatic rings. The summed E-state index contributed by atoms with van der Waals surface area (Å²) in [5, 5.41) is 17.3. The monoisotopic (exact) mass is 420 g/mol. The molecule has 158 valence electrons. The largest absolute Gasteiger partial charge is 0.487 e. The molecular formula is C21H20N6O4. The number of hydrogen-bond acceptors (Lipinski definition) is 7. The molecule has 0 unspecified atom stereocenters. The maximum atomic E-state index is 12.8. The first-order valence-corrected chi connectivity index (χ1v) is 9.53. The Labute approximate surface area is 176 Å². The predicted molar refractivity (Wildman–Crippen MR) is 111 cm³/mol. The highest BCUT2D eigenvalue weighted by Gasteiger charge is 2.12. The van der Waals surface area contributed by atoms with Crippen molar-refractivity contribution in [2.24, 2.45) is 0 Å². The van der Waals surface area contributed by atoms with Crippen LogP contribution in [0.1, 0.15) is 17.1 Å². The van der Waals surface area contributed by atoms with E-state index in [9.17, 15) is 9.59 Å². The van der Waals surface area contributed by atoms with E-state index < -0.39 is 11.5 Å². The van der Waals surface area contributed by atoms with Crippen LogP contribution in [0.5, 0.6) is 5.75 Å². The van der Waals surface area contributed by atoms with E-state index in [1.807, 2.05) is 30.3 Å². The van der Waals surface area contributed by atoms with Crippen LogP contribution in [0.15, 0.2) is 59.5 Å². The van der Waals surface area contributed by atoms with Crippen molar-refractivity contribution in [3.05, 3.63) is 82.2 Å². The minimum Gasteiger partial charge on any atom is -0.487 e. The number of hydroxylamine groups is 1. The van der Waals surface area contributed by atoms with Crippen LogP contribution >= 0.6 is 0 Å². The standard InChI is InChI=1S/C21H20N6O4/c1-14-22-19-8-7-17(9-18(19)21(29)27(14)12-20(28)24-30)31-13-16-11-26(25-23-16)10-15-5-3-2-4-6-15/h2-9,11,30H,10,12-13H2,1H3,(H,24,28). The number of aromatic nitrogens is 5. The molecule has 0 atom stereocenters. The first kappa shape index (κ1) is 20.2. The first-order chi connectivity index (χ1) is 15.0. The van der Waals surface area contributed by atoms with E-state index in [2.05, 4.69) is 15.3 Å². The lowest BCUT2D eigenvalue weighted by molar-refractivity contribution is -0.129. The van der Waals surface area contributed by atoms with Crippen molar-refractivity contribution in [1.82, 2.24) is 30.0 Å². The summed E-state index contributed by atoms with van der Waals surface area (Å²) in [7, 11) is 0. The van der Waals surface area contributed by atoms with Crippen LogP contribution in [-0.4, -0.2) is 35.7 Å². The van der Waals surface area contributed by atoms with Gasteiger partial charge in [-0.3, -0.25) is 19.4 Å². The van der Waals surface area contributed by atoms with Crippen molar-refractivity contribution in [2.75, 3.05) is 0 Å². The van der Waals surface area contributed by atoms with Gasteiger partial charge < -0.3 is 4.74 Å². The van der Waals surface area contributed by atoms with Crippen LogP contribution in [0.25, 0.3) is 10.9 Å². The van der Waals surface area contributed by atoms with E-state index in [-0.39, 0.29) is 13.2 Å². The lowest BCUT2D eigenvalue weighted by atomic mass is 10.2. The molecule has 0 aliphatic carbocycles. The maximum absolute atomic E-state index is 12.8. The van der Waals surface area contributed by atoms with Crippen molar-refractivity contribution in [1.29, 1.82) is 0 Å². The number of aryl methyl sites for hydroxylation is 1. The van der Waals surface area contributed by atoms with E-state index in [1.54, 1.807) is 36.0 Å². The topological polar surface area (TPSA) is 124 Å². The van der Waals surface area contributed by atoms with Gasteiger partial charge >= 0.3 is 0 Å². The fourth-order valence-corrected chi connectivity index (χ4v) is 3.18. The summed E-state index contributed by atoms with van der Waals surface area (Å²) >= 11 is 0. The lowest BCUT2D eigenvalue weighted by Gasteiger charge is -2.10. The fraction of sp³-hybridized carbons (Fsp3) is 0.190. The van der Waals surface area contributed by atoms with E-state index in [4.69, 9.17) is 9.94 Å². The molecule has 0 aliphatic heterocycles. The van der Waals surface area contributed by atoms with E-state index in [1.165, 1.54) is 10.0 Å². The number of ether oxygens (including phenoxy) is 1. The summed E-state index contributed by atoms with van der Waals surface area (Å²) < 4.78 is 8.70. The van der Waals surface area contributed by atoms with Crippen molar-refractivity contribution in [3.63, 3.8) is 0 Å². The van der Waals surface area contributed by atoms with Gasteiger partial charge in [0.2, 0.25) is 0 Å². The zero-order valence-electron chi connectivity index (χ0n) is 16.7. The molecule has 1 amide bonds. The van der Waals surface area contributed by atoms with Crippen LogP contribution in [0.3, 0.4) is 0 Å². The predicted octanol–water partition coefficient (Wildman–Crippen LogP) is 1.43. The summed E-state index contributed by atoms with van der Waals surface area (Å²) in [5.41, 5.74) is 3.37. The van der Waals surface area contributed by atoms with Gasteiger partial charge in [-0.1, -0.05) is 35.5 Å². The third-order valence-corrected chi connectivity index (χ3v) is 4.70. The SMILES string of the molecule is Cc1nc2ccc(OCc3cn(Cc4ccccc4)nn3)cc2c(=O)n1CC(=O)NO.